The number of rotatable bonds is 9. The van der Waals surface area contributed by atoms with E-state index in [0.717, 1.165) is 54.1 Å². The summed E-state index contributed by atoms with van der Waals surface area (Å²) in [7, 11) is 0. The predicted octanol–water partition coefficient (Wildman–Crippen LogP) is 4.88. The first-order chi connectivity index (χ1) is 13.5. The van der Waals surface area contributed by atoms with Gasteiger partial charge in [0.1, 0.15) is 11.6 Å². The van der Waals surface area contributed by atoms with E-state index in [2.05, 4.69) is 32.7 Å². The van der Waals surface area contributed by atoms with Crippen LogP contribution < -0.4 is 10.6 Å². The zero-order chi connectivity index (χ0) is 19.9. The Balaban J connectivity index is 1.52. The van der Waals surface area contributed by atoms with Gasteiger partial charge in [0.25, 0.3) is 0 Å². The summed E-state index contributed by atoms with van der Waals surface area (Å²) in [6, 6.07) is 3.17. The van der Waals surface area contributed by atoms with Gasteiger partial charge in [-0.15, -0.1) is 21.5 Å². The average molecular weight is 442 g/mol. The highest BCUT2D eigenvalue weighted by Crippen LogP contribution is 2.29. The van der Waals surface area contributed by atoms with Gasteiger partial charge >= 0.3 is 0 Å². The lowest BCUT2D eigenvalue weighted by atomic mass is 10.1. The number of anilines is 2. The maximum Gasteiger partial charge on any atom is 0.236 e. The van der Waals surface area contributed by atoms with Crippen molar-refractivity contribution in [2.75, 3.05) is 22.9 Å². The van der Waals surface area contributed by atoms with Crippen molar-refractivity contribution in [1.82, 2.24) is 15.2 Å². The molecule has 0 unspecified atom stereocenters. The Kier molecular flexibility index (Phi) is 7.29. The number of amides is 1. The first-order valence-electron chi connectivity index (χ1n) is 8.46. The van der Waals surface area contributed by atoms with Crippen LogP contribution in [0.3, 0.4) is 0 Å². The summed E-state index contributed by atoms with van der Waals surface area (Å²) in [5.41, 5.74) is 0.333. The summed E-state index contributed by atoms with van der Waals surface area (Å²) >= 11 is 3.82. The van der Waals surface area contributed by atoms with Crippen LogP contribution in [0.4, 0.5) is 19.0 Å². The molecule has 28 heavy (non-hydrogen) atoms. The van der Waals surface area contributed by atoms with Gasteiger partial charge in [-0.05, 0) is 24.6 Å². The SMILES string of the molecule is CCCCNc1nnc(SCC(=O)Nc2nc(-c3cc(F)ccc3F)cs2)s1. The Morgan fingerprint density at radius 3 is 2.93 bits per heavy atom. The average Bonchev–Trinajstić information content (AvgIpc) is 3.32. The minimum Gasteiger partial charge on any atom is -0.360 e. The Bertz CT molecular complexity index is 947. The molecule has 0 aliphatic carbocycles. The van der Waals surface area contributed by atoms with E-state index in [1.807, 2.05) is 0 Å². The molecule has 3 aromatic rings. The molecule has 0 spiro atoms. The highest BCUT2D eigenvalue weighted by Gasteiger charge is 2.13. The highest BCUT2D eigenvalue weighted by molar-refractivity contribution is 8.01. The molecule has 0 bridgehead atoms. The molecule has 148 valence electrons. The summed E-state index contributed by atoms with van der Waals surface area (Å²) in [6.07, 6.45) is 2.15. The van der Waals surface area contributed by atoms with E-state index in [0.29, 0.717) is 9.47 Å². The van der Waals surface area contributed by atoms with Gasteiger partial charge in [-0.1, -0.05) is 36.4 Å². The maximum atomic E-state index is 13.8. The number of thioether (sulfide) groups is 1. The van der Waals surface area contributed by atoms with Crippen molar-refractivity contribution in [3.05, 3.63) is 35.2 Å². The molecule has 0 saturated carbocycles. The number of unbranched alkanes of at least 4 members (excludes halogenated alkanes) is 1. The monoisotopic (exact) mass is 441 g/mol. The molecule has 2 aromatic heterocycles. The smallest absolute Gasteiger partial charge is 0.236 e. The Labute approximate surface area is 172 Å². The molecular formula is C17H17F2N5OS3. The molecule has 0 saturated heterocycles. The lowest BCUT2D eigenvalue weighted by Crippen LogP contribution is -2.13. The van der Waals surface area contributed by atoms with E-state index in [1.54, 1.807) is 5.38 Å². The molecule has 6 nitrogen and oxygen atoms in total. The maximum absolute atomic E-state index is 13.8. The Morgan fingerprint density at radius 1 is 1.25 bits per heavy atom. The quantitative estimate of drug-likeness (QED) is 0.364. The molecule has 0 radical (unpaired) electrons. The first-order valence-corrected chi connectivity index (χ1v) is 11.1. The summed E-state index contributed by atoms with van der Waals surface area (Å²) in [5.74, 6) is -1.24. The number of carbonyl (C=O) groups is 1. The zero-order valence-electron chi connectivity index (χ0n) is 14.9. The molecular weight excluding hydrogens is 424 g/mol. The largest absolute Gasteiger partial charge is 0.360 e. The number of carbonyl (C=O) groups excluding carboxylic acids is 1. The molecule has 2 N–H and O–H groups in total. The Hall–Kier alpha value is -2.11. The number of benzene rings is 1. The van der Waals surface area contributed by atoms with Crippen molar-refractivity contribution in [2.45, 2.75) is 24.1 Å². The summed E-state index contributed by atoms with van der Waals surface area (Å²) < 4.78 is 27.8. The van der Waals surface area contributed by atoms with Gasteiger partial charge in [0.2, 0.25) is 11.0 Å². The van der Waals surface area contributed by atoms with Gasteiger partial charge in [0.05, 0.1) is 11.4 Å². The van der Waals surface area contributed by atoms with E-state index in [1.165, 1.54) is 23.1 Å². The van der Waals surface area contributed by atoms with E-state index in [9.17, 15) is 13.6 Å². The number of aromatic nitrogens is 3. The van der Waals surface area contributed by atoms with Crippen LogP contribution in [0.25, 0.3) is 11.3 Å². The summed E-state index contributed by atoms with van der Waals surface area (Å²) in [4.78, 5) is 16.3. The molecule has 0 aliphatic heterocycles. The molecule has 2 heterocycles. The molecule has 0 fully saturated rings. The fourth-order valence-electron chi connectivity index (χ4n) is 2.14. The molecule has 3 rings (SSSR count). The van der Waals surface area contributed by atoms with Crippen molar-refractivity contribution in [3.8, 4) is 11.3 Å². The third-order valence-corrected chi connectivity index (χ3v) is 6.27. The molecule has 0 aliphatic rings. The number of nitrogens with zero attached hydrogens (tertiary/aromatic N) is 3. The number of thiazole rings is 1. The molecule has 1 aromatic carbocycles. The van der Waals surface area contributed by atoms with Gasteiger partial charge in [-0.2, -0.15) is 0 Å². The van der Waals surface area contributed by atoms with Gasteiger partial charge in [0, 0.05) is 17.5 Å². The highest BCUT2D eigenvalue weighted by atomic mass is 32.2. The second-order valence-electron chi connectivity index (χ2n) is 5.65. The van der Waals surface area contributed by atoms with Crippen LogP contribution in [0.15, 0.2) is 27.9 Å². The molecule has 11 heteroatoms. The van der Waals surface area contributed by atoms with Gasteiger partial charge in [-0.3, -0.25) is 4.79 Å². The first kappa shape index (κ1) is 20.6. The van der Waals surface area contributed by atoms with Crippen molar-refractivity contribution in [2.24, 2.45) is 0 Å². The standard InChI is InChI=1S/C17H17F2N5OS3/c1-2-3-6-20-15-23-24-17(28-15)27-9-14(25)22-16-21-13(8-26-16)11-7-10(18)4-5-12(11)19/h4-5,7-8H,2-3,6,9H2,1H3,(H,20,23)(H,21,22,25). The minimum atomic E-state index is -0.570. The van der Waals surface area contributed by atoms with Crippen molar-refractivity contribution >= 4 is 50.6 Å². The number of nitrogens with one attached hydrogen (secondary N) is 2. The van der Waals surface area contributed by atoms with Crippen LogP contribution in [0, 0.1) is 11.6 Å². The van der Waals surface area contributed by atoms with Crippen LogP contribution in [0.5, 0.6) is 0 Å². The third kappa shape index (κ3) is 5.69. The number of halogens is 2. The van der Waals surface area contributed by atoms with E-state index in [4.69, 9.17) is 0 Å². The van der Waals surface area contributed by atoms with E-state index < -0.39 is 11.6 Å². The fraction of sp³-hybridized carbons (Fsp3) is 0.294. The molecule has 1 amide bonds. The summed E-state index contributed by atoms with van der Waals surface area (Å²) in [5, 5.41) is 16.5. The lowest BCUT2D eigenvalue weighted by molar-refractivity contribution is -0.113. The van der Waals surface area contributed by atoms with Gasteiger partial charge in [0.15, 0.2) is 9.47 Å². The number of hydrogen-bond acceptors (Lipinski definition) is 8. The third-order valence-electron chi connectivity index (χ3n) is 3.49. The van der Waals surface area contributed by atoms with Gasteiger partial charge in [-0.25, -0.2) is 13.8 Å². The van der Waals surface area contributed by atoms with Crippen LogP contribution in [0.2, 0.25) is 0 Å². The van der Waals surface area contributed by atoms with Gasteiger partial charge < -0.3 is 10.6 Å². The second kappa shape index (κ2) is 9.89. The summed E-state index contributed by atoms with van der Waals surface area (Å²) in [6.45, 7) is 2.95. The van der Waals surface area contributed by atoms with E-state index >= 15 is 0 Å². The van der Waals surface area contributed by atoms with Crippen LogP contribution in [0.1, 0.15) is 19.8 Å². The fourth-order valence-corrected chi connectivity index (χ4v) is 4.45. The second-order valence-corrected chi connectivity index (χ2v) is 8.71. The van der Waals surface area contributed by atoms with E-state index in [-0.39, 0.29) is 22.9 Å². The van der Waals surface area contributed by atoms with Crippen LogP contribution >= 0.6 is 34.4 Å². The Morgan fingerprint density at radius 2 is 2.11 bits per heavy atom. The molecule has 0 atom stereocenters. The van der Waals surface area contributed by atoms with Crippen LogP contribution in [-0.2, 0) is 4.79 Å². The normalized spacial score (nSPS) is 10.8. The van der Waals surface area contributed by atoms with Crippen molar-refractivity contribution in [1.29, 1.82) is 0 Å². The topological polar surface area (TPSA) is 79.8 Å². The number of hydrogen-bond donors (Lipinski definition) is 2. The van der Waals surface area contributed by atoms with Crippen molar-refractivity contribution < 1.29 is 13.6 Å². The minimum absolute atomic E-state index is 0.0584. The van der Waals surface area contributed by atoms with Crippen molar-refractivity contribution in [3.63, 3.8) is 0 Å². The predicted molar refractivity (Wildman–Crippen MR) is 110 cm³/mol. The van der Waals surface area contributed by atoms with Crippen LogP contribution in [-0.4, -0.2) is 33.4 Å². The lowest BCUT2D eigenvalue weighted by Gasteiger charge is -2.01. The zero-order valence-corrected chi connectivity index (χ0v) is 17.3.